The third-order valence-corrected chi connectivity index (χ3v) is 7.46. The Morgan fingerprint density at radius 3 is 2.43 bits per heavy atom. The molecule has 1 aliphatic heterocycles. The van der Waals surface area contributed by atoms with E-state index in [1.807, 2.05) is 60.0 Å². The Balaban J connectivity index is 1.50. The standard InChI is InChI=1S/C28H33N3O4/c1-28(27(33)29-21-8-5-3-4-6-9-21)19-30-23(25-10-7-17-35-25)15-16-24(30)26(32)31(28)18-20-11-13-22(34-2)14-12-20/h7,10-17,21H,3-6,8-9,18-19H2,1-2H3,(H,29,33)/t28-/m1/s1. The topological polar surface area (TPSA) is 76.7 Å². The van der Waals surface area contributed by atoms with Crippen molar-refractivity contribution in [2.75, 3.05) is 7.11 Å². The van der Waals surface area contributed by atoms with Gasteiger partial charge >= 0.3 is 0 Å². The van der Waals surface area contributed by atoms with Crippen molar-refractivity contribution in [3.63, 3.8) is 0 Å². The smallest absolute Gasteiger partial charge is 0.271 e. The number of carbonyl (C=O) groups is 2. The second-order valence-corrected chi connectivity index (χ2v) is 9.84. The average Bonchev–Trinajstić information content (AvgIpc) is 3.47. The van der Waals surface area contributed by atoms with Gasteiger partial charge in [0.1, 0.15) is 22.7 Å². The van der Waals surface area contributed by atoms with E-state index in [1.165, 1.54) is 12.8 Å². The first-order valence-corrected chi connectivity index (χ1v) is 12.5. The first-order chi connectivity index (χ1) is 17.0. The van der Waals surface area contributed by atoms with Gasteiger partial charge in [-0.25, -0.2) is 0 Å². The molecule has 5 rings (SSSR count). The van der Waals surface area contributed by atoms with Gasteiger partial charge in [0.15, 0.2) is 0 Å². The summed E-state index contributed by atoms with van der Waals surface area (Å²) in [5, 5.41) is 3.31. The van der Waals surface area contributed by atoms with Crippen LogP contribution in [0.15, 0.2) is 59.2 Å². The molecule has 0 bridgehead atoms. The summed E-state index contributed by atoms with van der Waals surface area (Å²) in [6.07, 6.45) is 8.27. The number of aromatic nitrogens is 1. The second kappa shape index (κ2) is 9.64. The van der Waals surface area contributed by atoms with Crippen LogP contribution >= 0.6 is 0 Å². The van der Waals surface area contributed by atoms with Crippen LogP contribution in [0, 0.1) is 0 Å². The zero-order valence-electron chi connectivity index (χ0n) is 20.5. The zero-order chi connectivity index (χ0) is 24.4. The fraction of sp³-hybridized carbons (Fsp3) is 0.429. The molecule has 7 heteroatoms. The molecular weight excluding hydrogens is 442 g/mol. The van der Waals surface area contributed by atoms with Gasteiger partial charge in [-0.1, -0.05) is 37.8 Å². The number of nitrogens with zero attached hydrogens (tertiary/aromatic N) is 2. The number of carbonyl (C=O) groups excluding carboxylic acids is 2. The Hall–Kier alpha value is -3.48. The predicted octanol–water partition coefficient (Wildman–Crippen LogP) is 5.01. The molecule has 1 aliphatic carbocycles. The monoisotopic (exact) mass is 475 g/mol. The van der Waals surface area contributed by atoms with E-state index in [4.69, 9.17) is 9.15 Å². The Morgan fingerprint density at radius 1 is 1.06 bits per heavy atom. The summed E-state index contributed by atoms with van der Waals surface area (Å²) >= 11 is 0. The van der Waals surface area contributed by atoms with E-state index in [9.17, 15) is 9.59 Å². The molecule has 3 aromatic rings. The Bertz CT molecular complexity index is 1170. The van der Waals surface area contributed by atoms with E-state index in [1.54, 1.807) is 18.3 Å². The highest BCUT2D eigenvalue weighted by atomic mass is 16.5. The number of methoxy groups -OCH3 is 1. The molecule has 2 aromatic heterocycles. The molecule has 1 N–H and O–H groups in total. The largest absolute Gasteiger partial charge is 0.497 e. The first-order valence-electron chi connectivity index (χ1n) is 12.5. The molecule has 2 aliphatic rings. The van der Waals surface area contributed by atoms with E-state index in [2.05, 4.69) is 5.32 Å². The zero-order valence-corrected chi connectivity index (χ0v) is 20.5. The molecule has 35 heavy (non-hydrogen) atoms. The van der Waals surface area contributed by atoms with Crippen molar-refractivity contribution in [2.24, 2.45) is 0 Å². The van der Waals surface area contributed by atoms with Crippen molar-refractivity contribution in [1.82, 2.24) is 14.8 Å². The maximum Gasteiger partial charge on any atom is 0.271 e. The minimum atomic E-state index is -1.06. The van der Waals surface area contributed by atoms with Gasteiger partial charge in [0.2, 0.25) is 5.91 Å². The number of benzene rings is 1. The van der Waals surface area contributed by atoms with Gasteiger partial charge < -0.3 is 23.9 Å². The molecule has 0 radical (unpaired) electrons. The molecule has 1 saturated carbocycles. The summed E-state index contributed by atoms with van der Waals surface area (Å²) in [5.74, 6) is 1.17. The molecule has 1 atom stereocenters. The van der Waals surface area contributed by atoms with Crippen LogP contribution < -0.4 is 10.1 Å². The number of amides is 2. The van der Waals surface area contributed by atoms with E-state index in [0.29, 0.717) is 24.5 Å². The number of hydrogen-bond acceptors (Lipinski definition) is 4. The lowest BCUT2D eigenvalue weighted by Crippen LogP contribution is -2.64. The van der Waals surface area contributed by atoms with E-state index >= 15 is 0 Å². The van der Waals surface area contributed by atoms with Crippen LogP contribution in [-0.4, -0.2) is 40.0 Å². The van der Waals surface area contributed by atoms with E-state index in [0.717, 1.165) is 42.7 Å². The minimum absolute atomic E-state index is 0.101. The van der Waals surface area contributed by atoms with Gasteiger partial charge in [-0.05, 0) is 61.7 Å². The first kappa shape index (κ1) is 23.3. The molecule has 0 spiro atoms. The summed E-state index contributed by atoms with van der Waals surface area (Å²) in [5.41, 5.74) is 1.25. The quantitative estimate of drug-likeness (QED) is 0.509. The van der Waals surface area contributed by atoms with E-state index in [-0.39, 0.29) is 17.9 Å². The SMILES string of the molecule is COc1ccc(CN2C(=O)c3ccc(-c4ccco4)n3C[C@]2(C)C(=O)NC2CCCCCC2)cc1. The lowest BCUT2D eigenvalue weighted by atomic mass is 9.92. The Morgan fingerprint density at radius 2 is 1.77 bits per heavy atom. The minimum Gasteiger partial charge on any atom is -0.497 e. The van der Waals surface area contributed by atoms with Gasteiger partial charge in [0.25, 0.3) is 5.91 Å². The second-order valence-electron chi connectivity index (χ2n) is 9.84. The molecule has 3 heterocycles. The van der Waals surface area contributed by atoms with Crippen LogP contribution in [0.4, 0.5) is 0 Å². The fourth-order valence-corrected chi connectivity index (χ4v) is 5.34. The normalized spacial score (nSPS) is 20.9. The Labute approximate surface area is 206 Å². The molecule has 0 unspecified atom stereocenters. The third kappa shape index (κ3) is 4.47. The van der Waals surface area contributed by atoms with Crippen LogP contribution in [0.5, 0.6) is 5.75 Å². The highest BCUT2D eigenvalue weighted by Gasteiger charge is 2.48. The summed E-state index contributed by atoms with van der Waals surface area (Å²) in [6, 6.07) is 15.2. The number of furan rings is 1. The number of nitrogens with one attached hydrogen (secondary N) is 1. The highest BCUT2D eigenvalue weighted by Crippen LogP contribution is 2.35. The van der Waals surface area contributed by atoms with Crippen LogP contribution in [0.3, 0.4) is 0 Å². The number of hydrogen-bond donors (Lipinski definition) is 1. The van der Waals surface area contributed by atoms with Crippen LogP contribution in [0.2, 0.25) is 0 Å². The van der Waals surface area contributed by atoms with Gasteiger partial charge in [0, 0.05) is 12.6 Å². The predicted molar refractivity (Wildman–Crippen MR) is 133 cm³/mol. The average molecular weight is 476 g/mol. The van der Waals surface area contributed by atoms with Crippen LogP contribution in [0.25, 0.3) is 11.5 Å². The molecular formula is C28H33N3O4. The van der Waals surface area contributed by atoms with Crippen LogP contribution in [-0.2, 0) is 17.9 Å². The highest BCUT2D eigenvalue weighted by molar-refractivity contribution is 6.00. The van der Waals surface area contributed by atoms with Crippen molar-refractivity contribution < 1.29 is 18.7 Å². The summed E-state index contributed by atoms with van der Waals surface area (Å²) in [4.78, 5) is 29.5. The number of rotatable bonds is 6. The van der Waals surface area contributed by atoms with Gasteiger partial charge in [0.05, 0.1) is 25.6 Å². The lowest BCUT2D eigenvalue weighted by molar-refractivity contribution is -0.134. The lowest BCUT2D eigenvalue weighted by Gasteiger charge is -2.45. The molecule has 184 valence electrons. The van der Waals surface area contributed by atoms with Crippen molar-refractivity contribution in [3.8, 4) is 17.2 Å². The van der Waals surface area contributed by atoms with Crippen molar-refractivity contribution in [3.05, 3.63) is 66.1 Å². The van der Waals surface area contributed by atoms with Crippen molar-refractivity contribution in [1.29, 1.82) is 0 Å². The summed E-state index contributed by atoms with van der Waals surface area (Å²) in [7, 11) is 1.63. The number of fused-ring (bicyclic) bond motifs is 1. The van der Waals surface area contributed by atoms with E-state index < -0.39 is 5.54 Å². The molecule has 2 amide bonds. The summed E-state index contributed by atoms with van der Waals surface area (Å²) in [6.45, 7) is 2.57. The number of ether oxygens (including phenoxy) is 1. The van der Waals surface area contributed by atoms with Gasteiger partial charge in [-0.3, -0.25) is 9.59 Å². The molecule has 0 saturated heterocycles. The van der Waals surface area contributed by atoms with Crippen molar-refractivity contribution in [2.45, 2.75) is 70.1 Å². The molecule has 1 fully saturated rings. The molecule has 1 aromatic carbocycles. The Kier molecular flexibility index (Phi) is 6.41. The van der Waals surface area contributed by atoms with Crippen molar-refractivity contribution >= 4 is 11.8 Å². The maximum atomic E-state index is 13.9. The third-order valence-electron chi connectivity index (χ3n) is 7.46. The van der Waals surface area contributed by atoms with Gasteiger partial charge in [-0.2, -0.15) is 0 Å². The molecule has 7 nitrogen and oxygen atoms in total. The van der Waals surface area contributed by atoms with Gasteiger partial charge in [-0.15, -0.1) is 0 Å². The van der Waals surface area contributed by atoms with Crippen LogP contribution in [0.1, 0.15) is 61.5 Å². The fourth-order valence-electron chi connectivity index (χ4n) is 5.34. The maximum absolute atomic E-state index is 13.9. The summed E-state index contributed by atoms with van der Waals surface area (Å²) < 4.78 is 12.8.